The second kappa shape index (κ2) is 4.12. The lowest BCUT2D eigenvalue weighted by Crippen LogP contribution is -1.98. The molecule has 1 aliphatic carbocycles. The first kappa shape index (κ1) is 10.7. The van der Waals surface area contributed by atoms with E-state index in [1.807, 2.05) is 18.2 Å². The molecule has 1 atom stereocenters. The lowest BCUT2D eigenvalue weighted by Gasteiger charge is -2.13. The van der Waals surface area contributed by atoms with Gasteiger partial charge in [-0.3, -0.25) is 4.98 Å². The predicted molar refractivity (Wildman–Crippen MR) is 72.1 cm³/mol. The van der Waals surface area contributed by atoms with Crippen molar-refractivity contribution in [3.8, 4) is 6.07 Å². The number of aromatic nitrogens is 1. The van der Waals surface area contributed by atoms with E-state index in [1.165, 1.54) is 5.57 Å². The summed E-state index contributed by atoms with van der Waals surface area (Å²) in [4.78, 5) is 4.29. The number of rotatable bonds is 1. The maximum absolute atomic E-state index is 9.30. The standard InChI is InChI=1S/C16H12N2/c1-11-4-2-6-14(11)15-8-12-5-3-7-18-16(12)9-13(15)10-17/h2-9,14H,1H3. The fourth-order valence-electron chi connectivity index (χ4n) is 2.41. The minimum atomic E-state index is 0.226. The molecular weight excluding hydrogens is 220 g/mol. The molecule has 18 heavy (non-hydrogen) atoms. The Morgan fingerprint density at radius 1 is 1.33 bits per heavy atom. The topological polar surface area (TPSA) is 36.7 Å². The van der Waals surface area contributed by atoms with Crippen LogP contribution in [0.1, 0.15) is 24.0 Å². The van der Waals surface area contributed by atoms with Crippen molar-refractivity contribution in [1.29, 1.82) is 5.26 Å². The summed E-state index contributed by atoms with van der Waals surface area (Å²) < 4.78 is 0. The van der Waals surface area contributed by atoms with Crippen LogP contribution in [0.3, 0.4) is 0 Å². The van der Waals surface area contributed by atoms with Crippen LogP contribution >= 0.6 is 0 Å². The normalized spacial score (nSPS) is 17.8. The van der Waals surface area contributed by atoms with E-state index in [2.05, 4.69) is 42.3 Å². The number of nitrogens with zero attached hydrogens (tertiary/aromatic N) is 2. The Morgan fingerprint density at radius 2 is 2.22 bits per heavy atom. The number of benzene rings is 1. The third kappa shape index (κ3) is 1.61. The molecule has 0 bridgehead atoms. The molecule has 1 aromatic carbocycles. The van der Waals surface area contributed by atoms with Gasteiger partial charge in [-0.05, 0) is 30.7 Å². The monoisotopic (exact) mass is 232 g/mol. The Hall–Kier alpha value is -2.40. The van der Waals surface area contributed by atoms with Gasteiger partial charge >= 0.3 is 0 Å². The van der Waals surface area contributed by atoms with Crippen molar-refractivity contribution < 1.29 is 0 Å². The summed E-state index contributed by atoms with van der Waals surface area (Å²) in [6.07, 6.45) is 8.03. The van der Waals surface area contributed by atoms with Crippen molar-refractivity contribution in [2.45, 2.75) is 12.8 Å². The average molecular weight is 232 g/mol. The van der Waals surface area contributed by atoms with E-state index >= 15 is 0 Å². The highest BCUT2D eigenvalue weighted by Crippen LogP contribution is 2.33. The van der Waals surface area contributed by atoms with E-state index < -0.39 is 0 Å². The van der Waals surface area contributed by atoms with Gasteiger partial charge in [0.1, 0.15) is 0 Å². The number of hydrogen-bond donors (Lipinski definition) is 0. The molecule has 1 unspecified atom stereocenters. The van der Waals surface area contributed by atoms with Crippen molar-refractivity contribution in [2.75, 3.05) is 0 Å². The molecule has 0 spiro atoms. The molecular formula is C16H12N2. The lowest BCUT2D eigenvalue weighted by molar-refractivity contribution is 1.01. The molecule has 3 rings (SSSR count). The number of allylic oxidation sites excluding steroid dienone is 4. The van der Waals surface area contributed by atoms with Crippen LogP contribution in [-0.4, -0.2) is 4.98 Å². The van der Waals surface area contributed by atoms with Gasteiger partial charge in [0.05, 0.1) is 17.1 Å². The van der Waals surface area contributed by atoms with Gasteiger partial charge in [-0.25, -0.2) is 0 Å². The first-order chi connectivity index (χ1) is 8.79. The Morgan fingerprint density at radius 3 is 2.94 bits per heavy atom. The molecule has 2 heteroatoms. The van der Waals surface area contributed by atoms with Crippen LogP contribution in [0, 0.1) is 11.3 Å². The van der Waals surface area contributed by atoms with Gasteiger partial charge in [-0.2, -0.15) is 5.26 Å². The summed E-state index contributed by atoms with van der Waals surface area (Å²) in [5.41, 5.74) is 3.93. The molecule has 1 aromatic heterocycles. The summed E-state index contributed by atoms with van der Waals surface area (Å²) in [7, 11) is 0. The molecule has 1 aliphatic rings. The van der Waals surface area contributed by atoms with E-state index in [0.717, 1.165) is 16.5 Å². The quantitative estimate of drug-likeness (QED) is 0.751. The Balaban J connectivity index is 2.25. The minimum absolute atomic E-state index is 0.226. The predicted octanol–water partition coefficient (Wildman–Crippen LogP) is 3.71. The van der Waals surface area contributed by atoms with E-state index in [4.69, 9.17) is 0 Å². The van der Waals surface area contributed by atoms with Crippen LogP contribution in [0.25, 0.3) is 10.9 Å². The molecule has 1 heterocycles. The molecule has 0 saturated heterocycles. The van der Waals surface area contributed by atoms with Gasteiger partial charge in [-0.15, -0.1) is 0 Å². The summed E-state index contributed by atoms with van der Waals surface area (Å²) in [6.45, 7) is 2.10. The molecule has 0 radical (unpaired) electrons. The van der Waals surface area contributed by atoms with Gasteiger partial charge in [0.2, 0.25) is 0 Å². The second-order valence-corrected chi connectivity index (χ2v) is 4.52. The molecule has 0 N–H and O–H groups in total. The molecule has 0 fully saturated rings. The van der Waals surface area contributed by atoms with Crippen LogP contribution in [0.15, 0.2) is 54.3 Å². The van der Waals surface area contributed by atoms with E-state index in [0.29, 0.717) is 5.56 Å². The zero-order valence-corrected chi connectivity index (χ0v) is 10.1. The van der Waals surface area contributed by atoms with Crippen molar-refractivity contribution in [2.24, 2.45) is 0 Å². The fourth-order valence-corrected chi connectivity index (χ4v) is 2.41. The van der Waals surface area contributed by atoms with Gasteiger partial charge < -0.3 is 0 Å². The van der Waals surface area contributed by atoms with E-state index in [9.17, 15) is 5.26 Å². The highest BCUT2D eigenvalue weighted by molar-refractivity contribution is 5.81. The molecule has 0 saturated carbocycles. The van der Waals surface area contributed by atoms with E-state index in [1.54, 1.807) is 6.20 Å². The largest absolute Gasteiger partial charge is 0.256 e. The summed E-state index contributed by atoms with van der Waals surface area (Å²) in [5, 5.41) is 10.4. The van der Waals surface area contributed by atoms with Gasteiger partial charge in [0, 0.05) is 17.5 Å². The van der Waals surface area contributed by atoms with Crippen LogP contribution < -0.4 is 0 Å². The van der Waals surface area contributed by atoms with E-state index in [-0.39, 0.29) is 5.92 Å². The highest BCUT2D eigenvalue weighted by atomic mass is 14.6. The fraction of sp³-hybridized carbons (Fsp3) is 0.125. The summed E-state index contributed by atoms with van der Waals surface area (Å²) in [5.74, 6) is 0.226. The maximum Gasteiger partial charge on any atom is 0.0995 e. The van der Waals surface area contributed by atoms with Crippen LogP contribution in [0.5, 0.6) is 0 Å². The molecule has 0 aliphatic heterocycles. The zero-order valence-electron chi connectivity index (χ0n) is 10.1. The molecule has 2 aromatic rings. The molecule has 86 valence electrons. The summed E-state index contributed by atoms with van der Waals surface area (Å²) >= 11 is 0. The third-order valence-corrected chi connectivity index (χ3v) is 3.38. The number of hydrogen-bond acceptors (Lipinski definition) is 2. The SMILES string of the molecule is CC1=CC=CC1c1cc2cccnc2cc1C#N. The maximum atomic E-state index is 9.30. The third-order valence-electron chi connectivity index (χ3n) is 3.38. The van der Waals surface area contributed by atoms with Gasteiger partial charge in [-0.1, -0.05) is 29.9 Å². The minimum Gasteiger partial charge on any atom is -0.256 e. The van der Waals surface area contributed by atoms with Crippen LogP contribution in [-0.2, 0) is 0 Å². The van der Waals surface area contributed by atoms with Gasteiger partial charge in [0.25, 0.3) is 0 Å². The number of nitriles is 1. The first-order valence-electron chi connectivity index (χ1n) is 5.93. The van der Waals surface area contributed by atoms with Crippen LogP contribution in [0.4, 0.5) is 0 Å². The number of fused-ring (bicyclic) bond motifs is 1. The van der Waals surface area contributed by atoms with Crippen molar-refractivity contribution in [3.05, 3.63) is 65.4 Å². The number of pyridine rings is 1. The van der Waals surface area contributed by atoms with Crippen molar-refractivity contribution in [3.63, 3.8) is 0 Å². The van der Waals surface area contributed by atoms with Crippen molar-refractivity contribution in [1.82, 2.24) is 4.98 Å². The Kier molecular flexibility index (Phi) is 2.46. The van der Waals surface area contributed by atoms with Gasteiger partial charge in [0.15, 0.2) is 0 Å². The molecule has 2 nitrogen and oxygen atoms in total. The second-order valence-electron chi connectivity index (χ2n) is 4.52. The smallest absolute Gasteiger partial charge is 0.0995 e. The highest BCUT2D eigenvalue weighted by Gasteiger charge is 2.17. The zero-order chi connectivity index (χ0) is 12.5. The van der Waals surface area contributed by atoms with Crippen molar-refractivity contribution >= 4 is 10.9 Å². The summed E-state index contributed by atoms with van der Waals surface area (Å²) in [6, 6.07) is 10.2. The Labute approximate surface area is 106 Å². The molecule has 0 amide bonds. The lowest BCUT2D eigenvalue weighted by atomic mass is 9.90. The van der Waals surface area contributed by atoms with Crippen LogP contribution in [0.2, 0.25) is 0 Å². The first-order valence-corrected chi connectivity index (χ1v) is 5.93. The average Bonchev–Trinajstić information content (AvgIpc) is 2.83. The Bertz CT molecular complexity index is 717.